The number of ether oxygens (including phenoxy) is 1. The van der Waals surface area contributed by atoms with Gasteiger partial charge in [-0.3, -0.25) is 0 Å². The van der Waals surface area contributed by atoms with E-state index in [-0.39, 0.29) is 0 Å². The Morgan fingerprint density at radius 2 is 2.29 bits per heavy atom. The number of thioether (sulfide) groups is 1. The molecule has 0 fully saturated rings. The van der Waals surface area contributed by atoms with Gasteiger partial charge in [0.25, 0.3) is 0 Å². The standard InChI is InChI=1S/C14H21NOS/c1-4-16-12-6-5-11-9-17-8-10(2)14(15-3)13(11)7-12/h5-7,10,14-15H,4,8-9H2,1-3H3. The summed E-state index contributed by atoms with van der Waals surface area (Å²) in [7, 11) is 2.05. The molecule has 2 atom stereocenters. The molecule has 0 aromatic heterocycles. The summed E-state index contributed by atoms with van der Waals surface area (Å²) in [5, 5.41) is 3.45. The third-order valence-electron chi connectivity index (χ3n) is 3.28. The molecule has 2 nitrogen and oxygen atoms in total. The van der Waals surface area contributed by atoms with Gasteiger partial charge in [-0.2, -0.15) is 11.8 Å². The molecule has 0 amide bonds. The molecule has 1 heterocycles. The van der Waals surface area contributed by atoms with Gasteiger partial charge in [0, 0.05) is 11.8 Å². The van der Waals surface area contributed by atoms with Crippen molar-refractivity contribution in [3.05, 3.63) is 29.3 Å². The number of benzene rings is 1. The first kappa shape index (κ1) is 12.8. The van der Waals surface area contributed by atoms with Gasteiger partial charge in [0.1, 0.15) is 5.75 Å². The first-order chi connectivity index (χ1) is 8.26. The third kappa shape index (κ3) is 2.78. The van der Waals surface area contributed by atoms with Crippen LogP contribution in [0.3, 0.4) is 0 Å². The zero-order valence-corrected chi connectivity index (χ0v) is 11.6. The minimum absolute atomic E-state index is 0.445. The van der Waals surface area contributed by atoms with Gasteiger partial charge >= 0.3 is 0 Å². The fourth-order valence-corrected chi connectivity index (χ4v) is 3.61. The topological polar surface area (TPSA) is 21.3 Å². The Balaban J connectivity index is 2.36. The highest BCUT2D eigenvalue weighted by atomic mass is 32.2. The molecule has 1 aromatic rings. The van der Waals surface area contributed by atoms with Crippen molar-refractivity contribution in [1.29, 1.82) is 0 Å². The van der Waals surface area contributed by atoms with Crippen molar-refractivity contribution in [2.45, 2.75) is 25.6 Å². The predicted octanol–water partition coefficient (Wildman–Crippen LogP) is 3.23. The third-order valence-corrected chi connectivity index (χ3v) is 4.56. The molecule has 0 bridgehead atoms. The smallest absolute Gasteiger partial charge is 0.119 e. The van der Waals surface area contributed by atoms with Crippen LogP contribution < -0.4 is 10.1 Å². The molecule has 17 heavy (non-hydrogen) atoms. The van der Waals surface area contributed by atoms with Gasteiger partial charge in [0.15, 0.2) is 0 Å². The Kier molecular flexibility index (Phi) is 4.35. The summed E-state index contributed by atoms with van der Waals surface area (Å²) in [6, 6.07) is 6.96. The highest BCUT2D eigenvalue weighted by Gasteiger charge is 2.24. The molecule has 0 spiro atoms. The van der Waals surface area contributed by atoms with Crippen LogP contribution in [0, 0.1) is 5.92 Å². The average molecular weight is 251 g/mol. The summed E-state index contributed by atoms with van der Waals surface area (Å²) in [4.78, 5) is 0. The zero-order chi connectivity index (χ0) is 12.3. The molecule has 2 unspecified atom stereocenters. The number of rotatable bonds is 3. The van der Waals surface area contributed by atoms with Crippen molar-refractivity contribution in [1.82, 2.24) is 5.32 Å². The first-order valence-corrected chi connectivity index (χ1v) is 7.42. The fraction of sp³-hybridized carbons (Fsp3) is 0.571. The number of fused-ring (bicyclic) bond motifs is 1. The van der Waals surface area contributed by atoms with Gasteiger partial charge < -0.3 is 10.1 Å². The van der Waals surface area contributed by atoms with Crippen LogP contribution in [0.4, 0.5) is 0 Å². The van der Waals surface area contributed by atoms with Gasteiger partial charge in [-0.25, -0.2) is 0 Å². The second kappa shape index (κ2) is 5.78. The van der Waals surface area contributed by atoms with Gasteiger partial charge in [-0.05, 0) is 48.9 Å². The van der Waals surface area contributed by atoms with Gasteiger partial charge in [0.05, 0.1) is 6.61 Å². The molecular weight excluding hydrogens is 230 g/mol. The van der Waals surface area contributed by atoms with Gasteiger partial charge in [0.2, 0.25) is 0 Å². The van der Waals surface area contributed by atoms with Crippen molar-refractivity contribution in [3.63, 3.8) is 0 Å². The average Bonchev–Trinajstić information content (AvgIpc) is 2.47. The lowest BCUT2D eigenvalue weighted by Crippen LogP contribution is -2.24. The fourth-order valence-electron chi connectivity index (χ4n) is 2.45. The lowest BCUT2D eigenvalue weighted by Gasteiger charge is -2.23. The Hall–Kier alpha value is -0.670. The largest absolute Gasteiger partial charge is 0.494 e. The Morgan fingerprint density at radius 3 is 3.00 bits per heavy atom. The lowest BCUT2D eigenvalue weighted by molar-refractivity contribution is 0.338. The van der Waals surface area contributed by atoms with Crippen molar-refractivity contribution < 1.29 is 4.74 Å². The maximum atomic E-state index is 5.61. The van der Waals surface area contributed by atoms with Crippen molar-refractivity contribution in [3.8, 4) is 5.75 Å². The second-order valence-electron chi connectivity index (χ2n) is 4.55. The maximum absolute atomic E-state index is 5.61. The highest BCUT2D eigenvalue weighted by Crippen LogP contribution is 2.35. The summed E-state index contributed by atoms with van der Waals surface area (Å²) in [6.45, 7) is 5.07. The minimum Gasteiger partial charge on any atom is -0.494 e. The summed E-state index contributed by atoms with van der Waals surface area (Å²) < 4.78 is 5.61. The van der Waals surface area contributed by atoms with Crippen molar-refractivity contribution >= 4 is 11.8 Å². The molecule has 1 aliphatic heterocycles. The van der Waals surface area contributed by atoms with Crippen LogP contribution in [-0.4, -0.2) is 19.4 Å². The molecule has 2 rings (SSSR count). The molecule has 0 radical (unpaired) electrons. The van der Waals surface area contributed by atoms with E-state index >= 15 is 0 Å². The Bertz CT molecular complexity index is 380. The summed E-state index contributed by atoms with van der Waals surface area (Å²) in [5.41, 5.74) is 2.86. The lowest BCUT2D eigenvalue weighted by atomic mass is 9.92. The first-order valence-electron chi connectivity index (χ1n) is 6.27. The van der Waals surface area contributed by atoms with E-state index in [2.05, 4.69) is 30.4 Å². The molecule has 0 saturated heterocycles. The van der Waals surface area contributed by atoms with Crippen LogP contribution in [0.25, 0.3) is 0 Å². The highest BCUT2D eigenvalue weighted by molar-refractivity contribution is 7.98. The van der Waals surface area contributed by atoms with E-state index in [1.807, 2.05) is 25.7 Å². The molecule has 1 aliphatic rings. The van der Waals surface area contributed by atoms with E-state index in [0.29, 0.717) is 12.0 Å². The maximum Gasteiger partial charge on any atom is 0.119 e. The summed E-state index contributed by atoms with van der Waals surface area (Å²) in [5.74, 6) is 3.97. The van der Waals surface area contributed by atoms with Gasteiger partial charge in [-0.1, -0.05) is 13.0 Å². The van der Waals surface area contributed by atoms with E-state index < -0.39 is 0 Å². The molecule has 1 aromatic carbocycles. The second-order valence-corrected chi connectivity index (χ2v) is 5.58. The molecule has 0 aliphatic carbocycles. The quantitative estimate of drug-likeness (QED) is 0.891. The molecule has 0 saturated carbocycles. The van der Waals surface area contributed by atoms with Crippen LogP contribution in [0.5, 0.6) is 5.75 Å². The monoisotopic (exact) mass is 251 g/mol. The van der Waals surface area contributed by atoms with E-state index in [1.165, 1.54) is 16.9 Å². The van der Waals surface area contributed by atoms with E-state index in [9.17, 15) is 0 Å². The van der Waals surface area contributed by atoms with Crippen LogP contribution in [0.1, 0.15) is 31.0 Å². The summed E-state index contributed by atoms with van der Waals surface area (Å²) in [6.07, 6.45) is 0. The predicted molar refractivity (Wildman–Crippen MR) is 74.7 cm³/mol. The van der Waals surface area contributed by atoms with Crippen LogP contribution in [-0.2, 0) is 5.75 Å². The Labute approximate surface area is 108 Å². The summed E-state index contributed by atoms with van der Waals surface area (Å²) >= 11 is 2.02. The molecule has 1 N–H and O–H groups in total. The van der Waals surface area contributed by atoms with E-state index in [1.54, 1.807) is 0 Å². The van der Waals surface area contributed by atoms with E-state index in [4.69, 9.17) is 4.74 Å². The molecule has 94 valence electrons. The number of nitrogens with one attached hydrogen (secondary N) is 1. The zero-order valence-electron chi connectivity index (χ0n) is 10.8. The van der Waals surface area contributed by atoms with E-state index in [0.717, 1.165) is 18.1 Å². The molecule has 3 heteroatoms. The van der Waals surface area contributed by atoms with Crippen LogP contribution >= 0.6 is 11.8 Å². The number of hydrogen-bond acceptors (Lipinski definition) is 3. The van der Waals surface area contributed by atoms with Gasteiger partial charge in [-0.15, -0.1) is 0 Å². The Morgan fingerprint density at radius 1 is 1.47 bits per heavy atom. The SMILES string of the molecule is CCOc1ccc2c(c1)C(NC)C(C)CSC2. The van der Waals surface area contributed by atoms with Crippen molar-refractivity contribution in [2.24, 2.45) is 5.92 Å². The molecular formula is C14H21NOS. The number of hydrogen-bond donors (Lipinski definition) is 1. The minimum atomic E-state index is 0.445. The normalized spacial score (nSPS) is 23.9. The van der Waals surface area contributed by atoms with Crippen LogP contribution in [0.15, 0.2) is 18.2 Å². The van der Waals surface area contributed by atoms with Crippen LogP contribution in [0.2, 0.25) is 0 Å². The van der Waals surface area contributed by atoms with Crippen molar-refractivity contribution in [2.75, 3.05) is 19.4 Å².